The van der Waals surface area contributed by atoms with Crippen molar-refractivity contribution in [3.63, 3.8) is 0 Å². The van der Waals surface area contributed by atoms with Gasteiger partial charge in [0.15, 0.2) is 0 Å². The molecule has 1 aliphatic rings. The maximum atomic E-state index is 10.4. The summed E-state index contributed by atoms with van der Waals surface area (Å²) in [5.74, 6) is 6.42. The van der Waals surface area contributed by atoms with Crippen molar-refractivity contribution in [3.8, 4) is 0 Å². The molecule has 9 nitrogen and oxygen atoms in total. The number of aliphatic hydroxyl groups is 1. The second-order valence-electron chi connectivity index (χ2n) is 5.04. The molecule has 0 spiro atoms. The SMILES string of the molecule is CC1OCCC1(O)CNc1nc(NN)nc(N(C)C)n1. The van der Waals surface area contributed by atoms with Gasteiger partial charge in [0.05, 0.1) is 6.10 Å². The molecule has 1 aromatic heterocycles. The number of nitrogens with one attached hydrogen (secondary N) is 2. The van der Waals surface area contributed by atoms with Crippen molar-refractivity contribution >= 4 is 17.8 Å². The smallest absolute Gasteiger partial charge is 0.243 e. The molecule has 0 amide bonds. The van der Waals surface area contributed by atoms with Crippen LogP contribution in [-0.4, -0.2) is 59.0 Å². The molecular weight excluding hydrogens is 262 g/mol. The van der Waals surface area contributed by atoms with Crippen molar-refractivity contribution < 1.29 is 9.84 Å². The minimum atomic E-state index is -0.915. The summed E-state index contributed by atoms with van der Waals surface area (Å²) in [4.78, 5) is 14.2. The zero-order chi connectivity index (χ0) is 14.8. The van der Waals surface area contributed by atoms with Crippen molar-refractivity contribution in [1.29, 1.82) is 0 Å². The Bertz CT molecular complexity index is 470. The molecule has 1 fully saturated rings. The van der Waals surface area contributed by atoms with E-state index in [4.69, 9.17) is 10.6 Å². The standard InChI is InChI=1S/C11H21N7O2/c1-7-11(19,4-5-20-7)6-13-8-14-9(17-12)16-10(15-8)18(2)3/h7,19H,4-6,12H2,1-3H3,(H2,13,14,15,16,17). The van der Waals surface area contributed by atoms with Gasteiger partial charge in [0, 0.05) is 33.7 Å². The molecule has 2 atom stereocenters. The molecule has 0 bridgehead atoms. The van der Waals surface area contributed by atoms with Crippen LogP contribution in [0.25, 0.3) is 0 Å². The van der Waals surface area contributed by atoms with Crippen molar-refractivity contribution in [2.75, 3.05) is 42.9 Å². The van der Waals surface area contributed by atoms with E-state index in [-0.39, 0.29) is 12.1 Å². The molecule has 1 aliphatic heterocycles. The molecular formula is C11H21N7O2. The summed E-state index contributed by atoms with van der Waals surface area (Å²) in [6.07, 6.45) is 0.353. The molecule has 0 aromatic carbocycles. The van der Waals surface area contributed by atoms with E-state index >= 15 is 0 Å². The van der Waals surface area contributed by atoms with Crippen LogP contribution in [0.3, 0.4) is 0 Å². The molecule has 0 radical (unpaired) electrons. The minimum Gasteiger partial charge on any atom is -0.385 e. The first-order valence-electron chi connectivity index (χ1n) is 6.42. The molecule has 1 saturated heterocycles. The van der Waals surface area contributed by atoms with Gasteiger partial charge in [-0.15, -0.1) is 0 Å². The summed E-state index contributed by atoms with van der Waals surface area (Å²) < 4.78 is 5.38. The lowest BCUT2D eigenvalue weighted by atomic mass is 9.97. The Morgan fingerprint density at radius 3 is 2.65 bits per heavy atom. The second kappa shape index (κ2) is 5.73. The number of rotatable bonds is 5. The fourth-order valence-corrected chi connectivity index (χ4v) is 1.94. The van der Waals surface area contributed by atoms with Crippen LogP contribution >= 0.6 is 0 Å². The Hall–Kier alpha value is -1.71. The fraction of sp³-hybridized carbons (Fsp3) is 0.727. The Labute approximate surface area is 117 Å². The van der Waals surface area contributed by atoms with Gasteiger partial charge >= 0.3 is 0 Å². The first kappa shape index (κ1) is 14.7. The molecule has 5 N–H and O–H groups in total. The van der Waals surface area contributed by atoms with Crippen LogP contribution in [0.15, 0.2) is 0 Å². The van der Waals surface area contributed by atoms with Crippen LogP contribution in [0.5, 0.6) is 0 Å². The molecule has 0 aliphatic carbocycles. The van der Waals surface area contributed by atoms with Crippen molar-refractivity contribution in [2.24, 2.45) is 5.84 Å². The van der Waals surface area contributed by atoms with Crippen LogP contribution in [-0.2, 0) is 4.74 Å². The predicted octanol–water partition coefficient (Wildman–Crippen LogP) is -0.825. The fourth-order valence-electron chi connectivity index (χ4n) is 1.94. The maximum absolute atomic E-state index is 10.4. The second-order valence-corrected chi connectivity index (χ2v) is 5.04. The van der Waals surface area contributed by atoms with Gasteiger partial charge in [0.2, 0.25) is 17.8 Å². The average Bonchev–Trinajstić information content (AvgIpc) is 2.76. The highest BCUT2D eigenvalue weighted by Crippen LogP contribution is 2.25. The summed E-state index contributed by atoms with van der Waals surface area (Å²) in [7, 11) is 3.64. The molecule has 2 unspecified atom stereocenters. The van der Waals surface area contributed by atoms with E-state index in [0.717, 1.165) is 0 Å². The highest BCUT2D eigenvalue weighted by atomic mass is 16.5. The lowest BCUT2D eigenvalue weighted by Gasteiger charge is -2.26. The summed E-state index contributed by atoms with van der Waals surface area (Å²) in [6.45, 7) is 2.70. The monoisotopic (exact) mass is 283 g/mol. The van der Waals surface area contributed by atoms with E-state index in [2.05, 4.69) is 25.7 Å². The number of anilines is 3. The Morgan fingerprint density at radius 2 is 2.10 bits per heavy atom. The van der Waals surface area contributed by atoms with Crippen molar-refractivity contribution in [1.82, 2.24) is 15.0 Å². The van der Waals surface area contributed by atoms with Crippen LogP contribution < -0.4 is 21.5 Å². The van der Waals surface area contributed by atoms with E-state index < -0.39 is 5.60 Å². The number of aromatic nitrogens is 3. The molecule has 20 heavy (non-hydrogen) atoms. The third-order valence-electron chi connectivity index (χ3n) is 3.36. The number of hydrogen-bond donors (Lipinski definition) is 4. The maximum Gasteiger partial charge on any atom is 0.243 e. The molecule has 9 heteroatoms. The molecule has 112 valence electrons. The number of hydrazine groups is 1. The molecule has 1 aromatic rings. The van der Waals surface area contributed by atoms with E-state index in [0.29, 0.717) is 31.5 Å². The number of nitrogens with zero attached hydrogens (tertiary/aromatic N) is 4. The summed E-state index contributed by atoms with van der Waals surface area (Å²) in [6, 6.07) is 0. The highest BCUT2D eigenvalue weighted by Gasteiger charge is 2.39. The van der Waals surface area contributed by atoms with E-state index in [1.165, 1.54) is 0 Å². The van der Waals surface area contributed by atoms with Gasteiger partial charge in [0.1, 0.15) is 5.60 Å². The predicted molar refractivity (Wildman–Crippen MR) is 75.4 cm³/mol. The minimum absolute atomic E-state index is 0.225. The lowest BCUT2D eigenvalue weighted by Crippen LogP contribution is -2.43. The van der Waals surface area contributed by atoms with Gasteiger partial charge in [-0.3, -0.25) is 5.43 Å². The number of ether oxygens (including phenoxy) is 1. The van der Waals surface area contributed by atoms with Crippen LogP contribution in [0, 0.1) is 0 Å². The Morgan fingerprint density at radius 1 is 1.40 bits per heavy atom. The van der Waals surface area contributed by atoms with Gasteiger partial charge in [-0.2, -0.15) is 15.0 Å². The molecule has 0 saturated carbocycles. The first-order valence-corrected chi connectivity index (χ1v) is 6.42. The first-order chi connectivity index (χ1) is 9.44. The number of hydrogen-bond acceptors (Lipinski definition) is 9. The third-order valence-corrected chi connectivity index (χ3v) is 3.36. The van der Waals surface area contributed by atoms with Gasteiger partial charge in [-0.05, 0) is 6.92 Å². The lowest BCUT2D eigenvalue weighted by molar-refractivity contribution is -0.0176. The zero-order valence-electron chi connectivity index (χ0n) is 11.9. The van der Waals surface area contributed by atoms with Gasteiger partial charge in [0.25, 0.3) is 0 Å². The number of nitrogen functional groups attached to an aromatic ring is 1. The Kier molecular flexibility index (Phi) is 4.21. The third kappa shape index (κ3) is 3.06. The zero-order valence-corrected chi connectivity index (χ0v) is 11.9. The van der Waals surface area contributed by atoms with Gasteiger partial charge in [-0.25, -0.2) is 5.84 Å². The normalized spacial score (nSPS) is 25.6. The van der Waals surface area contributed by atoms with Crippen molar-refractivity contribution in [2.45, 2.75) is 25.0 Å². The van der Waals surface area contributed by atoms with E-state index in [1.54, 1.807) is 4.90 Å². The highest BCUT2D eigenvalue weighted by molar-refractivity contribution is 5.42. The van der Waals surface area contributed by atoms with E-state index in [1.807, 2.05) is 21.0 Å². The quantitative estimate of drug-likeness (QED) is 0.405. The average molecular weight is 283 g/mol. The van der Waals surface area contributed by atoms with E-state index in [9.17, 15) is 5.11 Å². The summed E-state index contributed by atoms with van der Waals surface area (Å²) >= 11 is 0. The number of nitrogens with two attached hydrogens (primary N) is 1. The van der Waals surface area contributed by atoms with Crippen LogP contribution in [0.4, 0.5) is 17.8 Å². The van der Waals surface area contributed by atoms with Crippen LogP contribution in [0.1, 0.15) is 13.3 Å². The topological polar surface area (TPSA) is 121 Å². The summed E-state index contributed by atoms with van der Waals surface area (Å²) in [5, 5.41) is 13.4. The van der Waals surface area contributed by atoms with Crippen molar-refractivity contribution in [3.05, 3.63) is 0 Å². The Balaban J connectivity index is 2.11. The van der Waals surface area contributed by atoms with Gasteiger partial charge in [-0.1, -0.05) is 0 Å². The van der Waals surface area contributed by atoms with Gasteiger partial charge < -0.3 is 20.1 Å². The molecule has 2 rings (SSSR count). The largest absolute Gasteiger partial charge is 0.385 e. The molecule has 2 heterocycles. The van der Waals surface area contributed by atoms with Crippen LogP contribution in [0.2, 0.25) is 0 Å². The summed E-state index contributed by atoms with van der Waals surface area (Å²) in [5.41, 5.74) is 1.48.